The number of hydrogen-bond acceptors (Lipinski definition) is 4. The van der Waals surface area contributed by atoms with Crippen molar-refractivity contribution in [1.82, 2.24) is 5.32 Å². The molecular formula is C11H15BrFN3O2. The Morgan fingerprint density at radius 3 is 2.78 bits per heavy atom. The van der Waals surface area contributed by atoms with E-state index < -0.39 is 10.7 Å². The molecule has 0 saturated carbocycles. The summed E-state index contributed by atoms with van der Waals surface area (Å²) in [6, 6.07) is 2.38. The first-order valence-electron chi connectivity index (χ1n) is 5.46. The molecule has 7 heteroatoms. The van der Waals surface area contributed by atoms with Crippen LogP contribution >= 0.6 is 15.9 Å². The van der Waals surface area contributed by atoms with Crippen molar-refractivity contribution < 1.29 is 9.31 Å². The fourth-order valence-electron chi connectivity index (χ4n) is 1.59. The van der Waals surface area contributed by atoms with E-state index in [1.54, 1.807) is 11.9 Å². The van der Waals surface area contributed by atoms with Crippen LogP contribution < -0.4 is 10.2 Å². The second-order valence-electron chi connectivity index (χ2n) is 3.89. The molecule has 0 spiro atoms. The van der Waals surface area contributed by atoms with Crippen molar-refractivity contribution in [3.8, 4) is 0 Å². The smallest absolute Gasteiger partial charge is 0.293 e. The lowest BCUT2D eigenvalue weighted by atomic mass is 10.2. The summed E-state index contributed by atoms with van der Waals surface area (Å²) in [5, 5.41) is 13.9. The van der Waals surface area contributed by atoms with Crippen LogP contribution in [0.15, 0.2) is 16.6 Å². The van der Waals surface area contributed by atoms with Gasteiger partial charge >= 0.3 is 0 Å². The van der Waals surface area contributed by atoms with E-state index in [1.807, 2.05) is 7.05 Å². The number of nitro benzene ring substituents is 1. The summed E-state index contributed by atoms with van der Waals surface area (Å²) in [6.07, 6.45) is 0.821. The van der Waals surface area contributed by atoms with Gasteiger partial charge in [-0.15, -0.1) is 0 Å². The number of nitro groups is 1. The Kier molecular flexibility index (Phi) is 5.49. The van der Waals surface area contributed by atoms with Crippen LogP contribution in [0.4, 0.5) is 15.8 Å². The molecule has 0 unspecified atom stereocenters. The van der Waals surface area contributed by atoms with E-state index >= 15 is 0 Å². The lowest BCUT2D eigenvalue weighted by molar-refractivity contribution is -0.384. The van der Waals surface area contributed by atoms with E-state index in [0.717, 1.165) is 13.0 Å². The molecule has 100 valence electrons. The second-order valence-corrected chi connectivity index (χ2v) is 4.75. The first-order chi connectivity index (χ1) is 8.47. The number of nitrogens with zero attached hydrogens (tertiary/aromatic N) is 2. The summed E-state index contributed by atoms with van der Waals surface area (Å²) in [5.74, 6) is -0.504. The molecule has 0 atom stereocenters. The SMILES string of the molecule is CNCCCN(C)c1cc(F)c(Br)cc1[N+](=O)[O-]. The summed E-state index contributed by atoms with van der Waals surface area (Å²) < 4.78 is 13.6. The van der Waals surface area contributed by atoms with Gasteiger partial charge in [0.25, 0.3) is 5.69 Å². The van der Waals surface area contributed by atoms with E-state index in [1.165, 1.54) is 12.1 Å². The molecule has 0 aliphatic carbocycles. The maximum absolute atomic E-state index is 13.5. The highest BCUT2D eigenvalue weighted by atomic mass is 79.9. The molecule has 1 aromatic carbocycles. The van der Waals surface area contributed by atoms with Crippen molar-refractivity contribution in [3.05, 3.63) is 32.5 Å². The lowest BCUT2D eigenvalue weighted by Gasteiger charge is -2.19. The number of anilines is 1. The van der Waals surface area contributed by atoms with Crippen molar-refractivity contribution in [3.63, 3.8) is 0 Å². The Bertz CT molecular complexity index is 443. The molecule has 0 saturated heterocycles. The van der Waals surface area contributed by atoms with Crippen LogP contribution in [0.5, 0.6) is 0 Å². The Morgan fingerprint density at radius 2 is 2.22 bits per heavy atom. The third-order valence-electron chi connectivity index (χ3n) is 2.55. The van der Waals surface area contributed by atoms with E-state index in [2.05, 4.69) is 21.2 Å². The van der Waals surface area contributed by atoms with Crippen LogP contribution in [0.1, 0.15) is 6.42 Å². The number of halogens is 2. The predicted octanol–water partition coefficient (Wildman–Crippen LogP) is 2.54. The average Bonchev–Trinajstić information content (AvgIpc) is 2.32. The summed E-state index contributed by atoms with van der Waals surface area (Å²) in [4.78, 5) is 12.1. The van der Waals surface area contributed by atoms with E-state index in [0.29, 0.717) is 6.54 Å². The minimum atomic E-state index is -0.506. The molecule has 1 rings (SSSR count). The zero-order valence-corrected chi connectivity index (χ0v) is 11.8. The lowest BCUT2D eigenvalue weighted by Crippen LogP contribution is -2.23. The number of rotatable bonds is 6. The first-order valence-corrected chi connectivity index (χ1v) is 6.26. The molecule has 0 amide bonds. The van der Waals surface area contributed by atoms with E-state index in [4.69, 9.17) is 0 Å². The third-order valence-corrected chi connectivity index (χ3v) is 3.15. The molecule has 18 heavy (non-hydrogen) atoms. The van der Waals surface area contributed by atoms with Gasteiger partial charge in [0, 0.05) is 25.7 Å². The van der Waals surface area contributed by atoms with Gasteiger partial charge in [-0.3, -0.25) is 10.1 Å². The molecule has 0 aliphatic heterocycles. The highest BCUT2D eigenvalue weighted by Gasteiger charge is 2.20. The van der Waals surface area contributed by atoms with Crippen molar-refractivity contribution in [2.45, 2.75) is 6.42 Å². The predicted molar refractivity (Wildman–Crippen MR) is 72.6 cm³/mol. The first kappa shape index (κ1) is 14.8. The fraction of sp³-hybridized carbons (Fsp3) is 0.455. The number of benzene rings is 1. The highest BCUT2D eigenvalue weighted by Crippen LogP contribution is 2.32. The van der Waals surface area contributed by atoms with Gasteiger partial charge in [0.2, 0.25) is 0 Å². The van der Waals surface area contributed by atoms with Crippen molar-refractivity contribution >= 4 is 27.3 Å². The van der Waals surface area contributed by atoms with Gasteiger partial charge in [-0.25, -0.2) is 4.39 Å². The quantitative estimate of drug-likeness (QED) is 0.497. The van der Waals surface area contributed by atoms with Gasteiger partial charge < -0.3 is 10.2 Å². The second kappa shape index (κ2) is 6.65. The topological polar surface area (TPSA) is 58.4 Å². The summed E-state index contributed by atoms with van der Waals surface area (Å²) in [7, 11) is 3.55. The normalized spacial score (nSPS) is 10.4. The zero-order valence-electron chi connectivity index (χ0n) is 10.2. The minimum Gasteiger partial charge on any atom is -0.369 e. The minimum absolute atomic E-state index is 0.0987. The Balaban J connectivity index is 2.98. The molecule has 1 N–H and O–H groups in total. The fourth-order valence-corrected chi connectivity index (χ4v) is 1.92. The van der Waals surface area contributed by atoms with Crippen LogP contribution in [0.2, 0.25) is 0 Å². The summed E-state index contributed by atoms with van der Waals surface area (Å²) in [6.45, 7) is 1.42. The van der Waals surface area contributed by atoms with Gasteiger partial charge in [-0.05, 0) is 35.9 Å². The van der Waals surface area contributed by atoms with Gasteiger partial charge in [-0.2, -0.15) is 0 Å². The molecule has 0 aliphatic rings. The summed E-state index contributed by atoms with van der Waals surface area (Å²) >= 11 is 2.95. The monoisotopic (exact) mass is 319 g/mol. The maximum atomic E-state index is 13.5. The largest absolute Gasteiger partial charge is 0.369 e. The molecule has 0 fully saturated rings. The maximum Gasteiger partial charge on any atom is 0.293 e. The molecule has 5 nitrogen and oxygen atoms in total. The van der Waals surface area contributed by atoms with E-state index in [-0.39, 0.29) is 15.8 Å². The van der Waals surface area contributed by atoms with Crippen molar-refractivity contribution in [1.29, 1.82) is 0 Å². The van der Waals surface area contributed by atoms with Crippen LogP contribution in [-0.4, -0.2) is 32.1 Å². The number of nitrogens with one attached hydrogen (secondary N) is 1. The van der Waals surface area contributed by atoms with Crippen LogP contribution in [0.3, 0.4) is 0 Å². The van der Waals surface area contributed by atoms with Crippen LogP contribution in [0, 0.1) is 15.9 Å². The summed E-state index contributed by atoms with van der Waals surface area (Å²) in [5.41, 5.74) is 0.187. The van der Waals surface area contributed by atoms with Gasteiger partial charge in [0.15, 0.2) is 0 Å². The van der Waals surface area contributed by atoms with Crippen LogP contribution in [-0.2, 0) is 0 Å². The number of hydrogen-bond donors (Lipinski definition) is 1. The highest BCUT2D eigenvalue weighted by molar-refractivity contribution is 9.10. The van der Waals surface area contributed by atoms with Crippen LogP contribution in [0.25, 0.3) is 0 Å². The standard InChI is InChI=1S/C11H15BrFN3O2/c1-14-4-3-5-15(2)10-7-9(13)8(12)6-11(10)16(17)18/h6-7,14H,3-5H2,1-2H3. The third kappa shape index (κ3) is 3.64. The van der Waals surface area contributed by atoms with Gasteiger partial charge in [-0.1, -0.05) is 0 Å². The van der Waals surface area contributed by atoms with Gasteiger partial charge in [0.1, 0.15) is 11.5 Å². The Hall–Kier alpha value is -1.21. The molecule has 0 heterocycles. The van der Waals surface area contributed by atoms with E-state index in [9.17, 15) is 14.5 Å². The molecule has 1 aromatic rings. The molecule has 0 bridgehead atoms. The molecule has 0 radical (unpaired) electrons. The van der Waals surface area contributed by atoms with Gasteiger partial charge in [0.05, 0.1) is 9.40 Å². The average molecular weight is 320 g/mol. The Labute approximate surface area is 113 Å². The molecular weight excluding hydrogens is 305 g/mol. The van der Waals surface area contributed by atoms with Crippen molar-refractivity contribution in [2.75, 3.05) is 32.1 Å². The molecule has 0 aromatic heterocycles. The van der Waals surface area contributed by atoms with Crippen molar-refractivity contribution in [2.24, 2.45) is 0 Å². The zero-order chi connectivity index (χ0) is 13.7. The Morgan fingerprint density at radius 1 is 1.56 bits per heavy atom.